The first-order chi connectivity index (χ1) is 12.8. The van der Waals surface area contributed by atoms with Crippen LogP contribution in [0.25, 0.3) is 0 Å². The van der Waals surface area contributed by atoms with Crippen LogP contribution in [0.5, 0.6) is 11.5 Å². The number of ether oxygens (including phenoxy) is 2. The van der Waals surface area contributed by atoms with Gasteiger partial charge < -0.3 is 14.8 Å². The number of hydrogen-bond acceptors (Lipinski definition) is 5. The summed E-state index contributed by atoms with van der Waals surface area (Å²) < 4.78 is 36.8. The zero-order chi connectivity index (χ0) is 19.4. The van der Waals surface area contributed by atoms with Crippen LogP contribution in [0.1, 0.15) is 5.56 Å². The van der Waals surface area contributed by atoms with Crippen molar-refractivity contribution in [1.29, 1.82) is 0 Å². The van der Waals surface area contributed by atoms with Crippen LogP contribution in [0.4, 0.5) is 5.69 Å². The van der Waals surface area contributed by atoms with Crippen LogP contribution in [-0.2, 0) is 14.8 Å². The Bertz CT molecular complexity index is 915. The van der Waals surface area contributed by atoms with Gasteiger partial charge in [0.2, 0.25) is 10.0 Å². The average Bonchev–Trinajstić information content (AvgIpc) is 2.64. The smallest absolute Gasteiger partial charge is 0.263 e. The maximum atomic E-state index is 12.4. The number of hydrogen-bond donors (Lipinski definition) is 1. The van der Waals surface area contributed by atoms with Gasteiger partial charge in [-0.05, 0) is 36.8 Å². The first kappa shape index (κ1) is 19.0. The summed E-state index contributed by atoms with van der Waals surface area (Å²) >= 11 is 0. The number of nitrogens with zero attached hydrogens (tertiary/aromatic N) is 1. The molecule has 0 aromatic heterocycles. The molecule has 0 spiro atoms. The van der Waals surface area contributed by atoms with Crippen molar-refractivity contribution >= 4 is 21.6 Å². The van der Waals surface area contributed by atoms with E-state index in [0.29, 0.717) is 23.8 Å². The number of fused-ring (bicyclic) bond motifs is 1. The Morgan fingerprint density at radius 2 is 2.00 bits per heavy atom. The number of sulfonamides is 1. The molecule has 2 aromatic rings. The fraction of sp³-hybridized carbons (Fsp3) is 0.316. The molecular weight excluding hydrogens is 368 g/mol. The van der Waals surface area contributed by atoms with Crippen LogP contribution in [-0.4, -0.2) is 46.4 Å². The van der Waals surface area contributed by atoms with Crippen LogP contribution >= 0.6 is 0 Å². The van der Waals surface area contributed by atoms with Crippen LogP contribution in [0, 0.1) is 6.92 Å². The Labute approximate surface area is 158 Å². The van der Waals surface area contributed by atoms with Crippen molar-refractivity contribution < 1.29 is 22.7 Å². The molecule has 0 saturated heterocycles. The molecule has 3 rings (SSSR count). The van der Waals surface area contributed by atoms with E-state index in [2.05, 4.69) is 5.32 Å². The van der Waals surface area contributed by atoms with Gasteiger partial charge >= 0.3 is 0 Å². The molecule has 0 saturated carbocycles. The van der Waals surface area contributed by atoms with Gasteiger partial charge in [0.15, 0.2) is 6.10 Å². The molecule has 1 unspecified atom stereocenters. The third-order valence-corrected chi connectivity index (χ3v) is 5.24. The predicted octanol–water partition coefficient (Wildman–Crippen LogP) is 1.72. The lowest BCUT2D eigenvalue weighted by molar-refractivity contribution is -0.127. The number of amides is 1. The van der Waals surface area contributed by atoms with E-state index in [9.17, 15) is 13.2 Å². The Hall–Kier alpha value is -2.74. The number of carbonyl (C=O) groups excluding carboxylic acids is 1. The highest BCUT2D eigenvalue weighted by molar-refractivity contribution is 7.92. The number of para-hydroxylation sites is 1. The maximum Gasteiger partial charge on any atom is 0.263 e. The predicted molar refractivity (Wildman–Crippen MR) is 103 cm³/mol. The van der Waals surface area contributed by atoms with Crippen molar-refractivity contribution in [3.63, 3.8) is 0 Å². The van der Waals surface area contributed by atoms with Crippen LogP contribution in [0.15, 0.2) is 48.5 Å². The molecular formula is C19H22N2O5S. The Morgan fingerprint density at radius 1 is 1.26 bits per heavy atom. The summed E-state index contributed by atoms with van der Waals surface area (Å²) in [7, 11) is -3.54. The summed E-state index contributed by atoms with van der Waals surface area (Å²) in [5.41, 5.74) is 1.36. The van der Waals surface area contributed by atoms with Gasteiger partial charge in [0.1, 0.15) is 18.1 Å². The van der Waals surface area contributed by atoms with Crippen molar-refractivity contribution in [3.05, 3.63) is 54.1 Å². The summed E-state index contributed by atoms with van der Waals surface area (Å²) in [4.78, 5) is 12.4. The summed E-state index contributed by atoms with van der Waals surface area (Å²) in [6, 6.07) is 14.5. The Kier molecular flexibility index (Phi) is 5.55. The van der Waals surface area contributed by atoms with Gasteiger partial charge in [-0.15, -0.1) is 0 Å². The second-order valence-electron chi connectivity index (χ2n) is 6.32. The minimum atomic E-state index is -3.54. The maximum absolute atomic E-state index is 12.4. The highest BCUT2D eigenvalue weighted by Gasteiger charge is 2.34. The lowest BCUT2D eigenvalue weighted by Crippen LogP contribution is -2.51. The number of rotatable bonds is 6. The molecule has 0 radical (unpaired) electrons. The van der Waals surface area contributed by atoms with Gasteiger partial charge in [-0.2, -0.15) is 0 Å². The van der Waals surface area contributed by atoms with Gasteiger partial charge in [0, 0.05) is 0 Å². The highest BCUT2D eigenvalue weighted by Crippen LogP contribution is 2.35. The fourth-order valence-corrected chi connectivity index (χ4v) is 3.69. The molecule has 1 atom stereocenters. The van der Waals surface area contributed by atoms with E-state index >= 15 is 0 Å². The van der Waals surface area contributed by atoms with Crippen molar-refractivity contribution in [2.75, 3.05) is 30.3 Å². The minimum Gasteiger partial charge on any atom is -0.492 e. The van der Waals surface area contributed by atoms with E-state index in [1.165, 1.54) is 4.31 Å². The molecule has 2 aromatic carbocycles. The molecule has 144 valence electrons. The summed E-state index contributed by atoms with van der Waals surface area (Å²) in [5.74, 6) is 0.706. The number of aryl methyl sites for hydroxylation is 1. The van der Waals surface area contributed by atoms with Crippen LogP contribution in [0.2, 0.25) is 0 Å². The molecule has 1 aliphatic heterocycles. The summed E-state index contributed by atoms with van der Waals surface area (Å²) in [5, 5.41) is 2.73. The average molecular weight is 390 g/mol. The Balaban J connectivity index is 1.63. The third-order valence-electron chi connectivity index (χ3n) is 4.09. The monoisotopic (exact) mass is 390 g/mol. The van der Waals surface area contributed by atoms with Gasteiger partial charge in [0.05, 0.1) is 25.0 Å². The fourth-order valence-electron chi connectivity index (χ4n) is 2.79. The Morgan fingerprint density at radius 3 is 2.70 bits per heavy atom. The van der Waals surface area contributed by atoms with E-state index < -0.39 is 16.1 Å². The first-order valence-electron chi connectivity index (χ1n) is 8.55. The highest BCUT2D eigenvalue weighted by atomic mass is 32.2. The van der Waals surface area contributed by atoms with Crippen LogP contribution in [0.3, 0.4) is 0 Å². The van der Waals surface area contributed by atoms with Crippen molar-refractivity contribution in [1.82, 2.24) is 5.32 Å². The van der Waals surface area contributed by atoms with E-state index in [4.69, 9.17) is 9.47 Å². The zero-order valence-corrected chi connectivity index (χ0v) is 16.0. The van der Waals surface area contributed by atoms with Crippen molar-refractivity contribution in [2.24, 2.45) is 0 Å². The molecule has 1 heterocycles. The van der Waals surface area contributed by atoms with Gasteiger partial charge in [0.25, 0.3) is 5.91 Å². The molecule has 0 fully saturated rings. The van der Waals surface area contributed by atoms with Gasteiger partial charge in [-0.1, -0.05) is 24.3 Å². The lowest BCUT2D eigenvalue weighted by Gasteiger charge is -2.34. The van der Waals surface area contributed by atoms with Crippen molar-refractivity contribution in [3.8, 4) is 11.5 Å². The normalized spacial score (nSPS) is 16.2. The molecule has 0 aliphatic carbocycles. The molecule has 1 aliphatic rings. The van der Waals surface area contributed by atoms with Crippen molar-refractivity contribution in [2.45, 2.75) is 13.0 Å². The number of benzene rings is 2. The largest absolute Gasteiger partial charge is 0.492 e. The molecule has 1 amide bonds. The van der Waals surface area contributed by atoms with E-state index in [1.54, 1.807) is 12.1 Å². The third kappa shape index (κ3) is 4.71. The standard InChI is InChI=1S/C19H22N2O5S/c1-14-8-9-17-16(12-14)21(27(2,23)24)13-18(26-17)19(22)20-10-11-25-15-6-4-3-5-7-15/h3-9,12,18H,10-11,13H2,1-2H3,(H,20,22). The van der Waals surface area contributed by atoms with Gasteiger partial charge in [-0.25, -0.2) is 8.42 Å². The van der Waals surface area contributed by atoms with E-state index in [-0.39, 0.29) is 19.0 Å². The number of carbonyl (C=O) groups is 1. The molecule has 8 heteroatoms. The van der Waals surface area contributed by atoms with E-state index in [0.717, 1.165) is 11.8 Å². The summed E-state index contributed by atoms with van der Waals surface area (Å²) in [6.45, 7) is 2.38. The quantitative estimate of drug-likeness (QED) is 0.759. The lowest BCUT2D eigenvalue weighted by atomic mass is 10.1. The number of anilines is 1. The summed E-state index contributed by atoms with van der Waals surface area (Å²) in [6.07, 6.45) is 0.194. The SMILES string of the molecule is Cc1ccc2c(c1)N(S(C)(=O)=O)CC(C(=O)NCCOc1ccccc1)O2. The molecule has 27 heavy (non-hydrogen) atoms. The molecule has 7 nitrogen and oxygen atoms in total. The molecule has 0 bridgehead atoms. The number of nitrogens with one attached hydrogen (secondary N) is 1. The second kappa shape index (κ2) is 7.87. The molecule has 1 N–H and O–H groups in total. The van der Waals surface area contributed by atoms with Crippen LogP contribution < -0.4 is 19.1 Å². The topological polar surface area (TPSA) is 84.9 Å². The first-order valence-corrected chi connectivity index (χ1v) is 10.4. The second-order valence-corrected chi connectivity index (χ2v) is 8.23. The minimum absolute atomic E-state index is 0.0688. The van der Waals surface area contributed by atoms with Gasteiger partial charge in [-0.3, -0.25) is 9.10 Å². The van der Waals surface area contributed by atoms with E-state index in [1.807, 2.05) is 43.3 Å². The zero-order valence-electron chi connectivity index (χ0n) is 15.2.